The van der Waals surface area contributed by atoms with E-state index in [1.54, 1.807) is 0 Å². The quantitative estimate of drug-likeness (QED) is 0.348. The summed E-state index contributed by atoms with van der Waals surface area (Å²) in [4.78, 5) is 50.3. The first-order valence-corrected chi connectivity index (χ1v) is 15.7. The molecule has 5 rings (SSSR count). The lowest BCUT2D eigenvalue weighted by Crippen LogP contribution is -2.66. The van der Waals surface area contributed by atoms with E-state index in [9.17, 15) is 24.3 Å². The van der Waals surface area contributed by atoms with Crippen LogP contribution in [0.4, 0.5) is 0 Å². The van der Waals surface area contributed by atoms with Gasteiger partial charge in [0.25, 0.3) is 0 Å². The molecule has 0 aromatic heterocycles. The third-order valence-electron chi connectivity index (χ3n) is 13.8. The van der Waals surface area contributed by atoms with Crippen LogP contribution in [-0.4, -0.2) is 40.0 Å². The highest BCUT2D eigenvalue weighted by Crippen LogP contribution is 2.75. The van der Waals surface area contributed by atoms with Gasteiger partial charge in [0.15, 0.2) is 5.78 Å². The van der Waals surface area contributed by atoms with Crippen LogP contribution in [0.5, 0.6) is 0 Å². The molecule has 228 valence electrons. The van der Waals surface area contributed by atoms with Crippen molar-refractivity contribution in [1.29, 1.82) is 0 Å². The number of carboxylic acid groups (broad SMARTS) is 2. The fourth-order valence-corrected chi connectivity index (χ4v) is 11.0. The number of hydrogen-bond acceptors (Lipinski definition) is 5. The standard InChI is InChI=1S/C34H50O7/c1-29(2)23-10-13-34(7)27(32(23,5)12-11-24(29)41-26(38)9-8-25(36)37)22(35)18-20-21-19-31(4,28(39)40)15-14-30(21,3)16-17-33(20,34)6/h18,21,23-24,27H,8-17,19H2,1-7H3,(H,36,37)(H,39,40)/t21-,23+,24+,27-,30-,31+,32-,33-,34+/m1/s1. The van der Waals surface area contributed by atoms with Crippen LogP contribution in [-0.2, 0) is 23.9 Å². The number of aliphatic carboxylic acids is 2. The molecule has 5 aliphatic carbocycles. The lowest BCUT2D eigenvalue weighted by Gasteiger charge is -2.70. The Morgan fingerprint density at radius 3 is 2.17 bits per heavy atom. The lowest BCUT2D eigenvalue weighted by atomic mass is 9.33. The molecule has 0 saturated heterocycles. The number of rotatable bonds is 5. The van der Waals surface area contributed by atoms with Crippen LogP contribution in [0, 0.1) is 50.2 Å². The van der Waals surface area contributed by atoms with Gasteiger partial charge < -0.3 is 14.9 Å². The van der Waals surface area contributed by atoms with Crippen LogP contribution in [0.1, 0.15) is 119 Å². The van der Waals surface area contributed by atoms with Crippen molar-refractivity contribution in [3.63, 3.8) is 0 Å². The molecular weight excluding hydrogens is 520 g/mol. The number of hydrogen-bond donors (Lipinski definition) is 2. The maximum Gasteiger partial charge on any atom is 0.309 e. The van der Waals surface area contributed by atoms with Crippen LogP contribution in [0.15, 0.2) is 11.6 Å². The number of esters is 1. The number of fused-ring (bicyclic) bond motifs is 7. The summed E-state index contributed by atoms with van der Waals surface area (Å²) in [6.07, 6.45) is 8.80. The van der Waals surface area contributed by atoms with E-state index in [4.69, 9.17) is 9.84 Å². The molecule has 0 bridgehead atoms. The van der Waals surface area contributed by atoms with E-state index in [0.717, 1.165) is 38.5 Å². The second-order valence-electron chi connectivity index (χ2n) is 16.3. The Morgan fingerprint density at radius 2 is 1.54 bits per heavy atom. The number of carbonyl (C=O) groups is 4. The molecule has 41 heavy (non-hydrogen) atoms. The Morgan fingerprint density at radius 1 is 0.878 bits per heavy atom. The molecular formula is C34H50O7. The molecule has 0 aromatic carbocycles. The summed E-state index contributed by atoms with van der Waals surface area (Å²) in [6, 6.07) is 0. The van der Waals surface area contributed by atoms with Crippen LogP contribution in [0.25, 0.3) is 0 Å². The third-order valence-corrected chi connectivity index (χ3v) is 13.8. The molecule has 0 aromatic rings. The third kappa shape index (κ3) is 4.25. The zero-order chi connectivity index (χ0) is 30.4. The van der Waals surface area contributed by atoms with Gasteiger partial charge in [0.1, 0.15) is 6.10 Å². The fourth-order valence-electron chi connectivity index (χ4n) is 11.0. The minimum absolute atomic E-state index is 0.0233. The Balaban J connectivity index is 1.49. The van der Waals surface area contributed by atoms with E-state index in [1.165, 1.54) is 5.57 Å². The molecule has 9 atom stereocenters. The van der Waals surface area contributed by atoms with Crippen molar-refractivity contribution in [2.75, 3.05) is 0 Å². The van der Waals surface area contributed by atoms with Crippen molar-refractivity contribution >= 4 is 23.7 Å². The van der Waals surface area contributed by atoms with E-state index in [-0.39, 0.29) is 69.6 Å². The molecule has 0 aliphatic heterocycles. The molecule has 0 spiro atoms. The molecule has 0 unspecified atom stereocenters. The minimum Gasteiger partial charge on any atom is -0.481 e. The van der Waals surface area contributed by atoms with Gasteiger partial charge in [-0.3, -0.25) is 19.2 Å². The highest BCUT2D eigenvalue weighted by molar-refractivity contribution is 5.95. The number of carbonyl (C=O) groups excluding carboxylic acids is 2. The number of carboxylic acids is 2. The number of ketones is 1. The summed E-state index contributed by atoms with van der Waals surface area (Å²) in [7, 11) is 0. The topological polar surface area (TPSA) is 118 Å². The van der Waals surface area contributed by atoms with Gasteiger partial charge in [-0.05, 0) is 104 Å². The monoisotopic (exact) mass is 570 g/mol. The Bertz CT molecular complexity index is 1200. The van der Waals surface area contributed by atoms with Gasteiger partial charge in [0.05, 0.1) is 18.3 Å². The predicted octanol–water partition coefficient (Wildman–Crippen LogP) is 6.83. The maximum absolute atomic E-state index is 14.5. The summed E-state index contributed by atoms with van der Waals surface area (Å²) >= 11 is 0. The SMILES string of the molecule is CC1(C)[C@@H](OC(=O)CCC(=O)O)CC[C@@]2(C)[C@H]3C(=O)C=C4[C@H]5C[C@@](C)(C(=O)O)CC[C@]5(C)CC[C@@]4(C)[C@@]3(C)CC[C@@H]12. The van der Waals surface area contributed by atoms with Gasteiger partial charge in [-0.25, -0.2) is 0 Å². The van der Waals surface area contributed by atoms with Crippen LogP contribution in [0.2, 0.25) is 0 Å². The summed E-state index contributed by atoms with van der Waals surface area (Å²) in [6.45, 7) is 15.5. The fraction of sp³-hybridized carbons (Fsp3) is 0.824. The Labute approximate surface area is 244 Å². The van der Waals surface area contributed by atoms with Crippen molar-refractivity contribution in [2.45, 2.75) is 125 Å². The van der Waals surface area contributed by atoms with Gasteiger partial charge >= 0.3 is 17.9 Å². The molecule has 4 fully saturated rings. The smallest absolute Gasteiger partial charge is 0.309 e. The lowest BCUT2D eigenvalue weighted by molar-refractivity contribution is -0.211. The van der Waals surface area contributed by atoms with Gasteiger partial charge in [-0.15, -0.1) is 0 Å². The van der Waals surface area contributed by atoms with E-state index < -0.39 is 23.3 Å². The van der Waals surface area contributed by atoms with Gasteiger partial charge in [-0.2, -0.15) is 0 Å². The molecule has 0 amide bonds. The van der Waals surface area contributed by atoms with E-state index in [0.29, 0.717) is 19.3 Å². The first-order chi connectivity index (χ1) is 18.8. The summed E-state index contributed by atoms with van der Waals surface area (Å²) in [5.74, 6) is -1.87. The van der Waals surface area contributed by atoms with Crippen LogP contribution >= 0.6 is 0 Å². The first kappa shape index (κ1) is 30.3. The normalized spacial score (nSPS) is 46.6. The molecule has 7 heteroatoms. The second-order valence-corrected chi connectivity index (χ2v) is 16.3. The molecule has 5 aliphatic rings. The molecule has 0 radical (unpaired) electrons. The Kier molecular flexibility index (Phi) is 6.95. The molecule has 4 saturated carbocycles. The van der Waals surface area contributed by atoms with E-state index in [1.807, 2.05) is 13.0 Å². The largest absolute Gasteiger partial charge is 0.481 e. The summed E-state index contributed by atoms with van der Waals surface area (Å²) in [5.41, 5.74) is -0.553. The Hall–Kier alpha value is -2.18. The zero-order valence-electron chi connectivity index (χ0n) is 26.1. The van der Waals surface area contributed by atoms with Crippen molar-refractivity contribution in [3.05, 3.63) is 11.6 Å². The molecule has 0 heterocycles. The summed E-state index contributed by atoms with van der Waals surface area (Å²) in [5, 5.41) is 19.1. The van der Waals surface area contributed by atoms with E-state index >= 15 is 0 Å². The predicted molar refractivity (Wildman–Crippen MR) is 154 cm³/mol. The van der Waals surface area contributed by atoms with Gasteiger partial charge in [-0.1, -0.05) is 47.1 Å². The summed E-state index contributed by atoms with van der Waals surface area (Å²) < 4.78 is 5.91. The minimum atomic E-state index is -1.01. The number of allylic oxidation sites excluding steroid dienone is 2. The van der Waals surface area contributed by atoms with Crippen LogP contribution in [0.3, 0.4) is 0 Å². The van der Waals surface area contributed by atoms with Crippen molar-refractivity contribution in [3.8, 4) is 0 Å². The average molecular weight is 571 g/mol. The zero-order valence-corrected chi connectivity index (χ0v) is 26.1. The van der Waals surface area contributed by atoms with E-state index in [2.05, 4.69) is 41.5 Å². The van der Waals surface area contributed by atoms with Gasteiger partial charge in [0.2, 0.25) is 0 Å². The molecule has 7 nitrogen and oxygen atoms in total. The van der Waals surface area contributed by atoms with Crippen molar-refractivity contribution in [1.82, 2.24) is 0 Å². The van der Waals surface area contributed by atoms with Gasteiger partial charge in [0, 0.05) is 11.3 Å². The number of ether oxygens (including phenoxy) is 1. The van der Waals surface area contributed by atoms with Crippen molar-refractivity contribution in [2.24, 2.45) is 50.2 Å². The van der Waals surface area contributed by atoms with Crippen LogP contribution < -0.4 is 0 Å². The highest BCUT2D eigenvalue weighted by Gasteiger charge is 2.70. The average Bonchev–Trinajstić information content (AvgIpc) is 2.86. The highest BCUT2D eigenvalue weighted by atomic mass is 16.5. The first-order valence-electron chi connectivity index (χ1n) is 15.7. The maximum atomic E-state index is 14.5. The molecule has 2 N–H and O–H groups in total. The van der Waals surface area contributed by atoms with Crippen molar-refractivity contribution < 1.29 is 34.1 Å². The second kappa shape index (κ2) is 9.41.